The molecule has 6 nitrogen and oxygen atoms in total. The van der Waals surface area contributed by atoms with Crippen molar-refractivity contribution in [3.05, 3.63) is 0 Å². The highest BCUT2D eigenvalue weighted by atomic mass is 16.6. The lowest BCUT2D eigenvalue weighted by molar-refractivity contribution is -0.158. The van der Waals surface area contributed by atoms with Crippen LogP contribution >= 0.6 is 0 Å². The minimum Gasteiger partial charge on any atom is -0.480 e. The summed E-state index contributed by atoms with van der Waals surface area (Å²) in [5, 5.41) is 9.21. The number of nitrogens with zero attached hydrogens (tertiary/aromatic N) is 1. The van der Waals surface area contributed by atoms with Crippen LogP contribution in [-0.2, 0) is 14.3 Å². The third-order valence-corrected chi connectivity index (χ3v) is 3.34. The molecule has 1 saturated heterocycles. The predicted octanol–water partition coefficient (Wildman–Crippen LogP) is 1.68. The SMILES string of the molecule is CCC1(C(=O)O)CCN(C(=O)OC(C)(C)C)CC1=O. The van der Waals surface area contributed by atoms with Crippen LogP contribution in [0.5, 0.6) is 0 Å². The Morgan fingerprint density at radius 2 is 2.00 bits per heavy atom. The second-order valence-electron chi connectivity index (χ2n) is 5.82. The van der Waals surface area contributed by atoms with Crippen molar-refractivity contribution in [3.8, 4) is 0 Å². The molecule has 0 aromatic carbocycles. The number of hydrogen-bond donors (Lipinski definition) is 1. The first kappa shape index (κ1) is 15.5. The lowest BCUT2D eigenvalue weighted by Crippen LogP contribution is -2.54. The molecule has 1 fully saturated rings. The van der Waals surface area contributed by atoms with Gasteiger partial charge in [0, 0.05) is 6.54 Å². The van der Waals surface area contributed by atoms with E-state index >= 15 is 0 Å². The van der Waals surface area contributed by atoms with Gasteiger partial charge in [-0.2, -0.15) is 0 Å². The van der Waals surface area contributed by atoms with E-state index < -0.39 is 28.9 Å². The Labute approximate surface area is 112 Å². The zero-order valence-electron chi connectivity index (χ0n) is 11.9. The monoisotopic (exact) mass is 271 g/mol. The van der Waals surface area contributed by atoms with Crippen molar-refractivity contribution in [1.82, 2.24) is 4.90 Å². The van der Waals surface area contributed by atoms with Crippen LogP contribution in [0.2, 0.25) is 0 Å². The molecule has 1 heterocycles. The maximum Gasteiger partial charge on any atom is 0.410 e. The molecule has 108 valence electrons. The summed E-state index contributed by atoms with van der Waals surface area (Å²) in [4.78, 5) is 36.4. The lowest BCUT2D eigenvalue weighted by atomic mass is 9.75. The number of rotatable bonds is 2. The number of Topliss-reactive ketones (excluding diaryl/α,β-unsaturated/α-hetero) is 1. The average molecular weight is 271 g/mol. The molecule has 6 heteroatoms. The third-order valence-electron chi connectivity index (χ3n) is 3.34. The van der Waals surface area contributed by atoms with E-state index in [-0.39, 0.29) is 25.9 Å². The van der Waals surface area contributed by atoms with E-state index in [4.69, 9.17) is 4.74 Å². The predicted molar refractivity (Wildman–Crippen MR) is 67.8 cm³/mol. The molecule has 19 heavy (non-hydrogen) atoms. The van der Waals surface area contributed by atoms with Crippen LogP contribution in [-0.4, -0.2) is 46.5 Å². The largest absolute Gasteiger partial charge is 0.480 e. The Balaban J connectivity index is 2.76. The number of aliphatic carboxylic acids is 1. The van der Waals surface area contributed by atoms with Gasteiger partial charge in [0.25, 0.3) is 0 Å². The van der Waals surface area contributed by atoms with E-state index in [0.29, 0.717) is 0 Å². The van der Waals surface area contributed by atoms with Crippen LogP contribution < -0.4 is 0 Å². The fourth-order valence-corrected chi connectivity index (χ4v) is 2.10. The molecule has 0 spiro atoms. The van der Waals surface area contributed by atoms with Gasteiger partial charge in [0.15, 0.2) is 5.78 Å². The standard InChI is InChI=1S/C13H21NO5/c1-5-13(10(16)17)6-7-14(8-9(13)15)11(18)19-12(2,3)4/h5-8H2,1-4H3,(H,16,17). The summed E-state index contributed by atoms with van der Waals surface area (Å²) < 4.78 is 5.18. The molecule has 1 aliphatic heterocycles. The summed E-state index contributed by atoms with van der Waals surface area (Å²) in [6.07, 6.45) is -0.198. The minimum atomic E-state index is -1.35. The number of piperidine rings is 1. The van der Waals surface area contributed by atoms with E-state index in [1.54, 1.807) is 27.7 Å². The first-order valence-corrected chi connectivity index (χ1v) is 6.37. The van der Waals surface area contributed by atoms with Gasteiger partial charge in [0.1, 0.15) is 11.0 Å². The number of carbonyl (C=O) groups is 3. The van der Waals surface area contributed by atoms with E-state index in [2.05, 4.69) is 0 Å². The quantitative estimate of drug-likeness (QED) is 0.772. The Hall–Kier alpha value is -1.59. The topological polar surface area (TPSA) is 83.9 Å². The van der Waals surface area contributed by atoms with Crippen LogP contribution in [0.25, 0.3) is 0 Å². The van der Waals surface area contributed by atoms with Gasteiger partial charge in [-0.05, 0) is 33.6 Å². The summed E-state index contributed by atoms with van der Waals surface area (Å²) in [6.45, 7) is 6.92. The molecular weight excluding hydrogens is 250 g/mol. The van der Waals surface area contributed by atoms with E-state index in [1.165, 1.54) is 4.90 Å². The lowest BCUT2D eigenvalue weighted by Gasteiger charge is -2.37. The van der Waals surface area contributed by atoms with Gasteiger partial charge in [-0.25, -0.2) is 4.79 Å². The second kappa shape index (κ2) is 5.19. The highest BCUT2D eigenvalue weighted by Gasteiger charge is 2.48. The van der Waals surface area contributed by atoms with Gasteiger partial charge in [0.2, 0.25) is 0 Å². The number of ether oxygens (including phenoxy) is 1. The van der Waals surface area contributed by atoms with E-state index in [0.717, 1.165) is 0 Å². The molecule has 0 aliphatic carbocycles. The van der Waals surface area contributed by atoms with Gasteiger partial charge >= 0.3 is 12.1 Å². The van der Waals surface area contributed by atoms with Gasteiger partial charge in [-0.3, -0.25) is 9.59 Å². The fraction of sp³-hybridized carbons (Fsp3) is 0.769. The van der Waals surface area contributed by atoms with Crippen molar-refractivity contribution in [2.45, 2.75) is 46.1 Å². The van der Waals surface area contributed by atoms with Crippen molar-refractivity contribution in [2.24, 2.45) is 5.41 Å². The number of hydrogen-bond acceptors (Lipinski definition) is 4. The van der Waals surface area contributed by atoms with Crippen LogP contribution in [0.4, 0.5) is 4.79 Å². The number of carboxylic acid groups (broad SMARTS) is 1. The fourth-order valence-electron chi connectivity index (χ4n) is 2.10. The Kier molecular flexibility index (Phi) is 4.22. The third kappa shape index (κ3) is 3.24. The van der Waals surface area contributed by atoms with Crippen LogP contribution in [0.1, 0.15) is 40.5 Å². The molecule has 0 aromatic rings. The van der Waals surface area contributed by atoms with E-state index in [1.807, 2.05) is 0 Å². The Morgan fingerprint density at radius 1 is 1.42 bits per heavy atom. The molecule has 1 atom stereocenters. The molecule has 0 saturated carbocycles. The highest BCUT2D eigenvalue weighted by Crippen LogP contribution is 2.32. The molecule has 0 aromatic heterocycles. The van der Waals surface area contributed by atoms with Crippen LogP contribution in [0.15, 0.2) is 0 Å². The Bertz CT molecular complexity index is 398. The normalized spacial score (nSPS) is 24.2. The summed E-state index contributed by atoms with van der Waals surface area (Å²) >= 11 is 0. The van der Waals surface area contributed by atoms with Gasteiger partial charge in [-0.1, -0.05) is 6.92 Å². The first-order valence-electron chi connectivity index (χ1n) is 6.37. The summed E-state index contributed by atoms with van der Waals surface area (Å²) in [5.41, 5.74) is -1.98. The molecule has 1 rings (SSSR count). The maximum absolute atomic E-state index is 12.0. The van der Waals surface area contributed by atoms with Crippen molar-refractivity contribution < 1.29 is 24.2 Å². The second-order valence-corrected chi connectivity index (χ2v) is 5.82. The zero-order valence-corrected chi connectivity index (χ0v) is 11.9. The smallest absolute Gasteiger partial charge is 0.410 e. The molecular formula is C13H21NO5. The van der Waals surface area contributed by atoms with Crippen LogP contribution in [0.3, 0.4) is 0 Å². The van der Waals surface area contributed by atoms with E-state index in [9.17, 15) is 19.5 Å². The zero-order chi connectivity index (χ0) is 14.8. The number of ketones is 1. The number of likely N-dealkylation sites (tertiary alicyclic amines) is 1. The molecule has 1 N–H and O–H groups in total. The minimum absolute atomic E-state index is 0.136. The maximum atomic E-state index is 12.0. The van der Waals surface area contributed by atoms with Gasteiger partial charge in [0.05, 0.1) is 6.54 Å². The van der Waals surface area contributed by atoms with Crippen molar-refractivity contribution in [3.63, 3.8) is 0 Å². The average Bonchev–Trinajstić information content (AvgIpc) is 2.26. The van der Waals surface area contributed by atoms with Gasteiger partial charge < -0.3 is 14.7 Å². The molecule has 1 amide bonds. The summed E-state index contributed by atoms with van der Waals surface area (Å²) in [5.74, 6) is -1.54. The number of carboxylic acids is 1. The number of amides is 1. The molecule has 0 bridgehead atoms. The van der Waals surface area contributed by atoms with Gasteiger partial charge in [-0.15, -0.1) is 0 Å². The van der Waals surface area contributed by atoms with Crippen molar-refractivity contribution >= 4 is 17.8 Å². The first-order chi connectivity index (χ1) is 8.62. The van der Waals surface area contributed by atoms with Crippen molar-refractivity contribution in [2.75, 3.05) is 13.1 Å². The van der Waals surface area contributed by atoms with Crippen LogP contribution in [0, 0.1) is 5.41 Å². The summed E-state index contributed by atoms with van der Waals surface area (Å²) in [7, 11) is 0. The molecule has 1 unspecified atom stereocenters. The number of carbonyl (C=O) groups excluding carboxylic acids is 2. The highest BCUT2D eigenvalue weighted by molar-refractivity contribution is 6.05. The summed E-state index contributed by atoms with van der Waals surface area (Å²) in [6, 6.07) is 0. The molecule has 0 radical (unpaired) electrons. The Morgan fingerprint density at radius 3 is 2.37 bits per heavy atom. The molecule has 1 aliphatic rings. The van der Waals surface area contributed by atoms with Crippen molar-refractivity contribution in [1.29, 1.82) is 0 Å².